The van der Waals surface area contributed by atoms with Gasteiger partial charge in [-0.15, -0.1) is 10.2 Å². The third-order valence-corrected chi connectivity index (χ3v) is 2.26. The van der Waals surface area contributed by atoms with Crippen molar-refractivity contribution >= 4 is 11.2 Å². The zero-order valence-corrected chi connectivity index (χ0v) is 8.41. The highest BCUT2D eigenvalue weighted by atomic mass is 15.2. The van der Waals surface area contributed by atoms with Gasteiger partial charge < -0.3 is 0 Å². The van der Waals surface area contributed by atoms with Crippen LogP contribution in [0.4, 0.5) is 0 Å². The molecule has 76 valence electrons. The molecule has 0 spiro atoms. The van der Waals surface area contributed by atoms with Crippen LogP contribution in [0.1, 0.15) is 0 Å². The highest BCUT2D eigenvalue weighted by molar-refractivity contribution is 5.71. The molecule has 0 radical (unpaired) electrons. The van der Waals surface area contributed by atoms with Crippen molar-refractivity contribution in [2.45, 2.75) is 0 Å². The molecule has 0 aliphatic rings. The Morgan fingerprint density at radius 3 is 2.56 bits per heavy atom. The minimum Gasteiger partial charge on any atom is -0.234 e. The van der Waals surface area contributed by atoms with Crippen molar-refractivity contribution in [3.05, 3.63) is 48.7 Å². The Balaban J connectivity index is 2.19. The van der Waals surface area contributed by atoms with Crippen LogP contribution in [-0.2, 0) is 0 Å². The third kappa shape index (κ3) is 1.50. The van der Waals surface area contributed by atoms with Gasteiger partial charge in [-0.25, -0.2) is 9.97 Å². The minimum atomic E-state index is 0.571. The predicted octanol–water partition coefficient (Wildman–Crippen LogP) is 2.09. The smallest absolute Gasteiger partial charge is 0.200 e. The third-order valence-electron chi connectivity index (χ3n) is 2.26. The van der Waals surface area contributed by atoms with Crippen molar-refractivity contribution in [2.24, 2.45) is 0 Å². The largest absolute Gasteiger partial charge is 0.234 e. The summed E-state index contributed by atoms with van der Waals surface area (Å²) in [4.78, 5) is 8.49. The maximum absolute atomic E-state index is 4.41. The van der Waals surface area contributed by atoms with Crippen molar-refractivity contribution < 1.29 is 0 Å². The molecule has 0 fully saturated rings. The molecule has 0 amide bonds. The van der Waals surface area contributed by atoms with Crippen LogP contribution in [0, 0.1) is 0 Å². The maximum Gasteiger partial charge on any atom is 0.200 e. The lowest BCUT2D eigenvalue weighted by atomic mass is 10.2. The summed E-state index contributed by atoms with van der Waals surface area (Å²) in [6.07, 6.45) is 1.68. The maximum atomic E-state index is 4.41. The lowest BCUT2D eigenvalue weighted by Crippen LogP contribution is -1.94. The second-order valence-corrected chi connectivity index (χ2v) is 3.35. The number of fused-ring (bicyclic) bond motifs is 1. The van der Waals surface area contributed by atoms with Gasteiger partial charge in [-0.3, -0.25) is 0 Å². The number of pyridine rings is 1. The average Bonchev–Trinajstić information content (AvgIpc) is 2.39. The summed E-state index contributed by atoms with van der Waals surface area (Å²) in [5.41, 5.74) is 2.29. The molecule has 4 heteroatoms. The fourth-order valence-electron chi connectivity index (χ4n) is 1.49. The molecule has 3 aromatic rings. The van der Waals surface area contributed by atoms with Gasteiger partial charge in [0.15, 0.2) is 11.5 Å². The van der Waals surface area contributed by atoms with Crippen LogP contribution < -0.4 is 0 Å². The van der Waals surface area contributed by atoms with Crippen LogP contribution in [0.2, 0.25) is 0 Å². The predicted molar refractivity (Wildman–Crippen MR) is 60.6 cm³/mol. The molecule has 0 saturated heterocycles. The monoisotopic (exact) mass is 208 g/mol. The molecule has 0 bridgehead atoms. The van der Waals surface area contributed by atoms with Crippen LogP contribution in [0.15, 0.2) is 48.7 Å². The van der Waals surface area contributed by atoms with Gasteiger partial charge in [0, 0.05) is 11.8 Å². The molecule has 1 aromatic carbocycles. The lowest BCUT2D eigenvalue weighted by molar-refractivity contribution is 1.01. The Morgan fingerprint density at radius 2 is 1.69 bits per heavy atom. The summed E-state index contributed by atoms with van der Waals surface area (Å²) in [7, 11) is 0. The molecular formula is C12H8N4. The first-order valence-electron chi connectivity index (χ1n) is 4.94. The zero-order chi connectivity index (χ0) is 10.8. The Labute approximate surface area is 92.0 Å². The van der Waals surface area contributed by atoms with Crippen molar-refractivity contribution in [1.29, 1.82) is 0 Å². The topological polar surface area (TPSA) is 51.6 Å². The summed E-state index contributed by atoms with van der Waals surface area (Å²) >= 11 is 0. The quantitative estimate of drug-likeness (QED) is 0.614. The van der Waals surface area contributed by atoms with E-state index in [0.29, 0.717) is 11.5 Å². The van der Waals surface area contributed by atoms with Gasteiger partial charge in [0.05, 0.1) is 0 Å². The van der Waals surface area contributed by atoms with Crippen LogP contribution >= 0.6 is 0 Å². The molecule has 0 unspecified atom stereocenters. The zero-order valence-electron chi connectivity index (χ0n) is 8.41. The Bertz CT molecular complexity index is 622. The number of benzene rings is 1. The first-order valence-corrected chi connectivity index (χ1v) is 4.94. The second kappa shape index (κ2) is 3.66. The molecule has 3 rings (SSSR count). The van der Waals surface area contributed by atoms with Gasteiger partial charge in [-0.05, 0) is 12.1 Å². The van der Waals surface area contributed by atoms with Crippen LogP contribution in [0.3, 0.4) is 0 Å². The number of aromatic nitrogens is 4. The van der Waals surface area contributed by atoms with E-state index in [4.69, 9.17) is 0 Å². The van der Waals surface area contributed by atoms with Crippen molar-refractivity contribution in [3.63, 3.8) is 0 Å². The summed E-state index contributed by atoms with van der Waals surface area (Å²) in [6, 6.07) is 13.5. The van der Waals surface area contributed by atoms with E-state index >= 15 is 0 Å². The standard InChI is InChI=1S/C12H8N4/c1-2-5-9(6-3-1)11-14-10-7-4-8-13-12(10)16-15-11/h1-8H. The Hall–Kier alpha value is -2.36. The molecular weight excluding hydrogens is 200 g/mol. The van der Waals surface area contributed by atoms with Crippen LogP contribution in [0.25, 0.3) is 22.6 Å². The fourth-order valence-corrected chi connectivity index (χ4v) is 1.49. The van der Waals surface area contributed by atoms with E-state index in [2.05, 4.69) is 20.2 Å². The van der Waals surface area contributed by atoms with E-state index in [1.165, 1.54) is 0 Å². The number of rotatable bonds is 1. The Morgan fingerprint density at radius 1 is 0.812 bits per heavy atom. The number of nitrogens with zero attached hydrogens (tertiary/aromatic N) is 4. The van der Waals surface area contributed by atoms with E-state index in [9.17, 15) is 0 Å². The normalized spacial score (nSPS) is 10.5. The second-order valence-electron chi connectivity index (χ2n) is 3.35. The molecule has 0 saturated carbocycles. The van der Waals surface area contributed by atoms with Crippen molar-refractivity contribution in [2.75, 3.05) is 0 Å². The van der Waals surface area contributed by atoms with Gasteiger partial charge in [0.25, 0.3) is 0 Å². The highest BCUT2D eigenvalue weighted by Gasteiger charge is 2.03. The molecule has 2 aromatic heterocycles. The number of hydrogen-bond donors (Lipinski definition) is 0. The molecule has 4 nitrogen and oxygen atoms in total. The van der Waals surface area contributed by atoms with Gasteiger partial charge in [0.2, 0.25) is 0 Å². The van der Waals surface area contributed by atoms with Crippen molar-refractivity contribution in [1.82, 2.24) is 20.2 Å². The van der Waals surface area contributed by atoms with Crippen LogP contribution in [-0.4, -0.2) is 20.2 Å². The summed E-state index contributed by atoms with van der Waals surface area (Å²) in [5.74, 6) is 0.626. The van der Waals surface area contributed by atoms with Crippen molar-refractivity contribution in [3.8, 4) is 11.4 Å². The molecule has 16 heavy (non-hydrogen) atoms. The molecule has 0 aliphatic heterocycles. The van der Waals surface area contributed by atoms with E-state index < -0.39 is 0 Å². The van der Waals surface area contributed by atoms with Gasteiger partial charge in [0.1, 0.15) is 5.52 Å². The summed E-state index contributed by atoms with van der Waals surface area (Å²) in [5, 5.41) is 8.09. The minimum absolute atomic E-state index is 0.571. The van der Waals surface area contributed by atoms with E-state index in [1.807, 2.05) is 42.5 Å². The summed E-state index contributed by atoms with van der Waals surface area (Å²) < 4.78 is 0. The van der Waals surface area contributed by atoms with E-state index in [-0.39, 0.29) is 0 Å². The first-order chi connectivity index (χ1) is 7.93. The number of hydrogen-bond acceptors (Lipinski definition) is 4. The van der Waals surface area contributed by atoms with E-state index in [1.54, 1.807) is 6.20 Å². The average molecular weight is 208 g/mol. The molecule has 0 N–H and O–H groups in total. The summed E-state index contributed by atoms with van der Waals surface area (Å²) in [6.45, 7) is 0. The molecule has 0 aliphatic carbocycles. The lowest BCUT2D eigenvalue weighted by Gasteiger charge is -1.99. The highest BCUT2D eigenvalue weighted by Crippen LogP contribution is 2.14. The first kappa shape index (κ1) is 8.91. The van der Waals surface area contributed by atoms with Gasteiger partial charge in [-0.2, -0.15) is 0 Å². The molecule has 2 heterocycles. The molecule has 0 atom stereocenters. The Kier molecular flexibility index (Phi) is 2.04. The van der Waals surface area contributed by atoms with E-state index in [0.717, 1.165) is 11.1 Å². The SMILES string of the molecule is c1ccc(-c2nnc3ncccc3n2)cc1. The fraction of sp³-hybridized carbons (Fsp3) is 0. The van der Waals surface area contributed by atoms with Crippen LogP contribution in [0.5, 0.6) is 0 Å². The van der Waals surface area contributed by atoms with Gasteiger partial charge >= 0.3 is 0 Å². The van der Waals surface area contributed by atoms with Gasteiger partial charge in [-0.1, -0.05) is 30.3 Å².